The molecule has 1 fully saturated rings. The van der Waals surface area contributed by atoms with E-state index in [0.29, 0.717) is 11.7 Å². The van der Waals surface area contributed by atoms with Crippen LogP contribution in [0.3, 0.4) is 0 Å². The topological polar surface area (TPSA) is 67.3 Å². The second kappa shape index (κ2) is 7.64. The summed E-state index contributed by atoms with van der Waals surface area (Å²) in [6.07, 6.45) is 3.03. The zero-order chi connectivity index (χ0) is 17.0. The third-order valence-corrected chi connectivity index (χ3v) is 3.99. The normalized spacial score (nSPS) is 17.1. The number of hydrogen-bond donors (Lipinski definition) is 1. The molecule has 1 aliphatic rings. The van der Waals surface area contributed by atoms with Crippen LogP contribution >= 0.6 is 23.2 Å². The number of rotatable bonds is 3. The van der Waals surface area contributed by atoms with Gasteiger partial charge in [-0.05, 0) is 45.2 Å². The van der Waals surface area contributed by atoms with Gasteiger partial charge in [0.25, 0.3) is 0 Å². The third kappa shape index (κ3) is 6.12. The number of likely N-dealkylation sites (tertiary alicyclic amines) is 1. The van der Waals surface area contributed by atoms with E-state index >= 15 is 0 Å². The SMILES string of the molecule is CC(C)(C)OC(=O)NC1CCN(Cc2cnc(Cl)nc2Cl)CC1. The summed E-state index contributed by atoms with van der Waals surface area (Å²) in [5.74, 6) is 0. The van der Waals surface area contributed by atoms with Crippen LogP contribution in [0.25, 0.3) is 0 Å². The van der Waals surface area contributed by atoms with Crippen molar-refractivity contribution in [1.29, 1.82) is 0 Å². The molecule has 0 bridgehead atoms. The maximum absolute atomic E-state index is 11.8. The Kier molecular flexibility index (Phi) is 6.06. The second-order valence-electron chi connectivity index (χ2n) is 6.65. The van der Waals surface area contributed by atoms with Crippen LogP contribution < -0.4 is 5.32 Å². The zero-order valence-electron chi connectivity index (χ0n) is 13.6. The predicted octanol–water partition coefficient (Wildman–Crippen LogP) is 3.27. The standard InChI is InChI=1S/C15H22Cl2N4O2/c1-15(2,3)23-14(22)19-11-4-6-21(7-5-11)9-10-8-18-13(17)20-12(10)16/h8,11H,4-7,9H2,1-3H3,(H,19,22). The van der Waals surface area contributed by atoms with E-state index in [1.807, 2.05) is 20.8 Å². The molecular weight excluding hydrogens is 339 g/mol. The van der Waals surface area contributed by atoms with Crippen LogP contribution in [-0.2, 0) is 11.3 Å². The van der Waals surface area contributed by atoms with Gasteiger partial charge in [0.2, 0.25) is 5.28 Å². The summed E-state index contributed by atoms with van der Waals surface area (Å²) < 4.78 is 5.28. The maximum atomic E-state index is 11.8. The van der Waals surface area contributed by atoms with E-state index in [1.165, 1.54) is 0 Å². The number of alkyl carbamates (subject to hydrolysis) is 1. The maximum Gasteiger partial charge on any atom is 0.407 e. The lowest BCUT2D eigenvalue weighted by atomic mass is 10.0. The van der Waals surface area contributed by atoms with Crippen molar-refractivity contribution in [3.63, 3.8) is 0 Å². The molecule has 0 aromatic carbocycles. The van der Waals surface area contributed by atoms with Gasteiger partial charge in [0.15, 0.2) is 0 Å². The molecular formula is C15H22Cl2N4O2. The fraction of sp³-hybridized carbons (Fsp3) is 0.667. The summed E-state index contributed by atoms with van der Waals surface area (Å²) >= 11 is 11.8. The quantitative estimate of drug-likeness (QED) is 0.661. The first-order chi connectivity index (χ1) is 10.7. The average Bonchev–Trinajstić information content (AvgIpc) is 2.42. The van der Waals surface area contributed by atoms with Crippen molar-refractivity contribution < 1.29 is 9.53 Å². The molecule has 0 aliphatic carbocycles. The van der Waals surface area contributed by atoms with Gasteiger partial charge in [0.05, 0.1) is 0 Å². The number of aromatic nitrogens is 2. The Morgan fingerprint density at radius 2 is 2.04 bits per heavy atom. The molecule has 128 valence electrons. The van der Waals surface area contributed by atoms with Crippen LogP contribution in [0.2, 0.25) is 10.4 Å². The van der Waals surface area contributed by atoms with Gasteiger partial charge in [-0.2, -0.15) is 0 Å². The summed E-state index contributed by atoms with van der Waals surface area (Å²) in [6, 6.07) is 0.137. The number of carbonyl (C=O) groups excluding carboxylic acids is 1. The van der Waals surface area contributed by atoms with E-state index in [4.69, 9.17) is 27.9 Å². The van der Waals surface area contributed by atoms with Gasteiger partial charge in [-0.1, -0.05) is 11.6 Å². The van der Waals surface area contributed by atoms with Crippen molar-refractivity contribution in [1.82, 2.24) is 20.2 Å². The molecule has 0 saturated carbocycles. The third-order valence-electron chi connectivity index (χ3n) is 3.48. The van der Waals surface area contributed by atoms with Crippen LogP contribution in [-0.4, -0.2) is 45.7 Å². The molecule has 2 rings (SSSR count). The number of carbonyl (C=O) groups is 1. The number of amides is 1. The highest BCUT2D eigenvalue weighted by Crippen LogP contribution is 2.19. The van der Waals surface area contributed by atoms with Crippen molar-refractivity contribution >= 4 is 29.3 Å². The molecule has 1 aliphatic heterocycles. The number of nitrogens with zero attached hydrogens (tertiary/aromatic N) is 3. The molecule has 0 spiro atoms. The molecule has 0 atom stereocenters. The molecule has 23 heavy (non-hydrogen) atoms. The molecule has 1 saturated heterocycles. The lowest BCUT2D eigenvalue weighted by Gasteiger charge is -2.32. The van der Waals surface area contributed by atoms with E-state index in [-0.39, 0.29) is 17.4 Å². The van der Waals surface area contributed by atoms with E-state index in [0.717, 1.165) is 31.5 Å². The van der Waals surface area contributed by atoms with E-state index in [9.17, 15) is 4.79 Å². The van der Waals surface area contributed by atoms with Gasteiger partial charge in [-0.3, -0.25) is 4.90 Å². The Hall–Kier alpha value is -1.11. The molecule has 1 N–H and O–H groups in total. The molecule has 0 unspecified atom stereocenters. The lowest BCUT2D eigenvalue weighted by Crippen LogP contribution is -2.45. The Labute approximate surface area is 146 Å². The van der Waals surface area contributed by atoms with Crippen molar-refractivity contribution in [3.8, 4) is 0 Å². The van der Waals surface area contributed by atoms with Crippen LogP contribution in [0.4, 0.5) is 4.79 Å². The van der Waals surface area contributed by atoms with Gasteiger partial charge in [0, 0.05) is 37.4 Å². The zero-order valence-corrected chi connectivity index (χ0v) is 15.1. The van der Waals surface area contributed by atoms with Crippen molar-refractivity contribution in [3.05, 3.63) is 22.2 Å². The number of piperidine rings is 1. The van der Waals surface area contributed by atoms with Gasteiger partial charge in [-0.25, -0.2) is 14.8 Å². The lowest BCUT2D eigenvalue weighted by molar-refractivity contribution is 0.0477. The van der Waals surface area contributed by atoms with Crippen LogP contribution in [0.15, 0.2) is 6.20 Å². The summed E-state index contributed by atoms with van der Waals surface area (Å²) in [5.41, 5.74) is 0.380. The number of halogens is 2. The summed E-state index contributed by atoms with van der Waals surface area (Å²) in [7, 11) is 0. The highest BCUT2D eigenvalue weighted by molar-refractivity contribution is 6.32. The summed E-state index contributed by atoms with van der Waals surface area (Å²) in [4.78, 5) is 21.9. The Balaban J connectivity index is 1.79. The molecule has 1 amide bonds. The van der Waals surface area contributed by atoms with Crippen LogP contribution in [0.1, 0.15) is 39.2 Å². The second-order valence-corrected chi connectivity index (χ2v) is 7.35. The predicted molar refractivity (Wildman–Crippen MR) is 89.7 cm³/mol. The number of hydrogen-bond acceptors (Lipinski definition) is 5. The molecule has 6 nitrogen and oxygen atoms in total. The average molecular weight is 361 g/mol. The van der Waals surface area contributed by atoms with Crippen molar-refractivity contribution in [2.75, 3.05) is 13.1 Å². The van der Waals surface area contributed by atoms with Crippen LogP contribution in [0, 0.1) is 0 Å². The number of nitrogens with one attached hydrogen (secondary N) is 1. The minimum Gasteiger partial charge on any atom is -0.444 e. The highest BCUT2D eigenvalue weighted by Gasteiger charge is 2.24. The van der Waals surface area contributed by atoms with E-state index < -0.39 is 5.60 Å². The largest absolute Gasteiger partial charge is 0.444 e. The van der Waals surface area contributed by atoms with Gasteiger partial charge < -0.3 is 10.1 Å². The highest BCUT2D eigenvalue weighted by atomic mass is 35.5. The first-order valence-electron chi connectivity index (χ1n) is 7.62. The Morgan fingerprint density at radius 3 is 2.61 bits per heavy atom. The van der Waals surface area contributed by atoms with Gasteiger partial charge in [0.1, 0.15) is 10.8 Å². The first-order valence-corrected chi connectivity index (χ1v) is 8.37. The molecule has 8 heteroatoms. The minimum atomic E-state index is -0.476. The fourth-order valence-electron chi connectivity index (χ4n) is 2.42. The van der Waals surface area contributed by atoms with E-state index in [2.05, 4.69) is 20.2 Å². The van der Waals surface area contributed by atoms with E-state index in [1.54, 1.807) is 6.20 Å². The Morgan fingerprint density at radius 1 is 1.39 bits per heavy atom. The summed E-state index contributed by atoms with van der Waals surface area (Å²) in [6.45, 7) is 7.96. The molecule has 0 radical (unpaired) electrons. The van der Waals surface area contributed by atoms with Gasteiger partial charge in [-0.15, -0.1) is 0 Å². The van der Waals surface area contributed by atoms with Crippen LogP contribution in [0.5, 0.6) is 0 Å². The molecule has 1 aromatic rings. The monoisotopic (exact) mass is 360 g/mol. The minimum absolute atomic E-state index is 0.137. The van der Waals surface area contributed by atoms with Crippen molar-refractivity contribution in [2.45, 2.75) is 51.8 Å². The van der Waals surface area contributed by atoms with Crippen molar-refractivity contribution in [2.24, 2.45) is 0 Å². The fourth-order valence-corrected chi connectivity index (χ4v) is 2.79. The molecule has 2 heterocycles. The number of ether oxygens (including phenoxy) is 1. The summed E-state index contributed by atoms with van der Waals surface area (Å²) in [5, 5.41) is 3.46. The smallest absolute Gasteiger partial charge is 0.407 e. The first kappa shape index (κ1) is 18.2. The molecule has 1 aromatic heterocycles. The Bertz CT molecular complexity index is 555. The van der Waals surface area contributed by atoms with Gasteiger partial charge >= 0.3 is 6.09 Å².